The maximum absolute atomic E-state index is 5.02. The zero-order valence-corrected chi connectivity index (χ0v) is 10.1. The molecule has 5 heteroatoms. The number of imidazole rings is 1. The third-order valence-corrected chi connectivity index (χ3v) is 2.27. The van der Waals surface area contributed by atoms with E-state index >= 15 is 0 Å². The van der Waals surface area contributed by atoms with E-state index in [1.165, 1.54) is 0 Å². The van der Waals surface area contributed by atoms with Crippen LogP contribution in [0.15, 0.2) is 12.4 Å². The van der Waals surface area contributed by atoms with Gasteiger partial charge < -0.3 is 19.4 Å². The highest BCUT2D eigenvalue weighted by Crippen LogP contribution is 2.05. The van der Waals surface area contributed by atoms with Gasteiger partial charge in [0.1, 0.15) is 0 Å². The second-order valence-electron chi connectivity index (χ2n) is 3.56. The zero-order chi connectivity index (χ0) is 11.6. The fourth-order valence-corrected chi connectivity index (χ4v) is 1.45. The van der Waals surface area contributed by atoms with Gasteiger partial charge in [-0.15, -0.1) is 0 Å². The summed E-state index contributed by atoms with van der Waals surface area (Å²) in [4.78, 5) is 4.26. The van der Waals surface area contributed by atoms with Gasteiger partial charge in [-0.05, 0) is 12.8 Å². The molecule has 92 valence electrons. The van der Waals surface area contributed by atoms with Crippen LogP contribution in [-0.2, 0) is 16.0 Å². The Balaban J connectivity index is 2.26. The summed E-state index contributed by atoms with van der Waals surface area (Å²) in [7, 11) is 3.43. The van der Waals surface area contributed by atoms with Crippen molar-refractivity contribution in [3.05, 3.63) is 12.4 Å². The largest absolute Gasteiger partial charge is 0.385 e. The van der Waals surface area contributed by atoms with E-state index < -0.39 is 0 Å². The fourth-order valence-electron chi connectivity index (χ4n) is 1.45. The van der Waals surface area contributed by atoms with Gasteiger partial charge in [-0.3, -0.25) is 0 Å². The van der Waals surface area contributed by atoms with Crippen molar-refractivity contribution in [1.82, 2.24) is 9.55 Å². The first-order valence-corrected chi connectivity index (χ1v) is 5.61. The molecule has 0 fully saturated rings. The first-order chi connectivity index (χ1) is 7.88. The van der Waals surface area contributed by atoms with E-state index in [0.29, 0.717) is 0 Å². The van der Waals surface area contributed by atoms with Crippen molar-refractivity contribution in [3.63, 3.8) is 0 Å². The molecule has 1 rings (SSSR count). The van der Waals surface area contributed by atoms with Crippen LogP contribution in [0.3, 0.4) is 0 Å². The van der Waals surface area contributed by atoms with Gasteiger partial charge in [0.2, 0.25) is 5.95 Å². The van der Waals surface area contributed by atoms with Crippen molar-refractivity contribution >= 4 is 5.95 Å². The van der Waals surface area contributed by atoms with Gasteiger partial charge in [0.25, 0.3) is 0 Å². The van der Waals surface area contributed by atoms with Crippen LogP contribution in [0.1, 0.15) is 12.8 Å². The van der Waals surface area contributed by atoms with E-state index in [2.05, 4.69) is 14.9 Å². The van der Waals surface area contributed by atoms with Gasteiger partial charge in [0.15, 0.2) is 0 Å². The van der Waals surface area contributed by atoms with Gasteiger partial charge in [-0.1, -0.05) is 0 Å². The van der Waals surface area contributed by atoms with Crippen LogP contribution < -0.4 is 5.32 Å². The Kier molecular flexibility index (Phi) is 6.60. The quantitative estimate of drug-likeness (QED) is 0.647. The van der Waals surface area contributed by atoms with Gasteiger partial charge >= 0.3 is 0 Å². The minimum atomic E-state index is 0.775. The van der Waals surface area contributed by atoms with Crippen LogP contribution in [-0.4, -0.2) is 43.5 Å². The molecule has 0 amide bonds. The number of hydrogen-bond acceptors (Lipinski definition) is 4. The molecule has 0 unspecified atom stereocenters. The summed E-state index contributed by atoms with van der Waals surface area (Å²) < 4.78 is 12.1. The number of nitrogens with one attached hydrogen (secondary N) is 1. The van der Waals surface area contributed by atoms with Gasteiger partial charge in [0, 0.05) is 52.9 Å². The van der Waals surface area contributed by atoms with Gasteiger partial charge in [-0.2, -0.15) is 0 Å². The fraction of sp³-hybridized carbons (Fsp3) is 0.727. The molecule has 0 atom stereocenters. The van der Waals surface area contributed by atoms with Crippen molar-refractivity contribution < 1.29 is 9.47 Å². The van der Waals surface area contributed by atoms with E-state index in [1.54, 1.807) is 14.2 Å². The standard InChI is InChI=1S/C11H21N3O2/c1-15-9-3-5-12-11-13-6-8-14(11)7-4-10-16-2/h6,8H,3-5,7,9-10H2,1-2H3,(H,12,13). The molecule has 1 aromatic rings. The molecule has 0 bridgehead atoms. The highest BCUT2D eigenvalue weighted by atomic mass is 16.5. The molecule has 1 heterocycles. The lowest BCUT2D eigenvalue weighted by Gasteiger charge is -2.09. The molecule has 0 spiro atoms. The molecule has 0 radical (unpaired) electrons. The lowest BCUT2D eigenvalue weighted by Crippen LogP contribution is -2.11. The topological polar surface area (TPSA) is 48.3 Å². The molecular weight excluding hydrogens is 206 g/mol. The van der Waals surface area contributed by atoms with E-state index in [9.17, 15) is 0 Å². The van der Waals surface area contributed by atoms with Crippen LogP contribution in [0, 0.1) is 0 Å². The van der Waals surface area contributed by atoms with Crippen molar-refractivity contribution in [2.45, 2.75) is 19.4 Å². The number of aromatic nitrogens is 2. The maximum atomic E-state index is 5.02. The molecule has 0 saturated carbocycles. The molecule has 16 heavy (non-hydrogen) atoms. The molecule has 1 N–H and O–H groups in total. The van der Waals surface area contributed by atoms with Crippen LogP contribution in [0.5, 0.6) is 0 Å². The average Bonchev–Trinajstić information content (AvgIpc) is 2.73. The maximum Gasteiger partial charge on any atom is 0.202 e. The molecule has 0 aromatic carbocycles. The predicted octanol–water partition coefficient (Wildman–Crippen LogP) is 1.37. The highest BCUT2D eigenvalue weighted by molar-refractivity contribution is 5.25. The molecule has 0 aliphatic rings. The number of methoxy groups -OCH3 is 2. The van der Waals surface area contributed by atoms with Crippen molar-refractivity contribution in [2.24, 2.45) is 0 Å². The minimum Gasteiger partial charge on any atom is -0.385 e. The Morgan fingerprint density at radius 3 is 2.75 bits per heavy atom. The first kappa shape index (κ1) is 13.0. The summed E-state index contributed by atoms with van der Waals surface area (Å²) in [5.41, 5.74) is 0. The zero-order valence-electron chi connectivity index (χ0n) is 10.1. The lowest BCUT2D eigenvalue weighted by atomic mass is 10.4. The van der Waals surface area contributed by atoms with E-state index in [1.807, 2.05) is 12.4 Å². The summed E-state index contributed by atoms with van der Waals surface area (Å²) >= 11 is 0. The van der Waals surface area contributed by atoms with Crippen LogP contribution in [0.2, 0.25) is 0 Å². The van der Waals surface area contributed by atoms with E-state index in [0.717, 1.165) is 45.1 Å². The van der Waals surface area contributed by atoms with Crippen molar-refractivity contribution in [1.29, 1.82) is 0 Å². The average molecular weight is 227 g/mol. The first-order valence-electron chi connectivity index (χ1n) is 5.61. The van der Waals surface area contributed by atoms with Crippen LogP contribution in [0.4, 0.5) is 5.95 Å². The summed E-state index contributed by atoms with van der Waals surface area (Å²) in [6.07, 6.45) is 5.78. The molecule has 0 saturated heterocycles. The Labute approximate surface area is 96.8 Å². The molecular formula is C11H21N3O2. The smallest absolute Gasteiger partial charge is 0.202 e. The Morgan fingerprint density at radius 1 is 1.25 bits per heavy atom. The highest BCUT2D eigenvalue weighted by Gasteiger charge is 2.00. The monoisotopic (exact) mass is 227 g/mol. The summed E-state index contributed by atoms with van der Waals surface area (Å²) in [6, 6.07) is 0. The second-order valence-corrected chi connectivity index (χ2v) is 3.56. The van der Waals surface area contributed by atoms with E-state index in [4.69, 9.17) is 9.47 Å². The number of anilines is 1. The SMILES string of the molecule is COCCCNc1nccn1CCCOC. The third kappa shape index (κ3) is 4.63. The number of ether oxygens (including phenoxy) is 2. The molecule has 0 aliphatic heterocycles. The van der Waals surface area contributed by atoms with Crippen molar-refractivity contribution in [2.75, 3.05) is 39.3 Å². The molecule has 5 nitrogen and oxygen atoms in total. The van der Waals surface area contributed by atoms with Gasteiger partial charge in [0.05, 0.1) is 0 Å². The summed E-state index contributed by atoms with van der Waals surface area (Å²) in [6.45, 7) is 3.37. The Bertz CT molecular complexity index is 276. The number of rotatable bonds is 9. The van der Waals surface area contributed by atoms with Crippen LogP contribution in [0.25, 0.3) is 0 Å². The third-order valence-electron chi connectivity index (χ3n) is 2.27. The summed E-state index contributed by atoms with van der Waals surface area (Å²) in [5.74, 6) is 0.923. The van der Waals surface area contributed by atoms with E-state index in [-0.39, 0.29) is 0 Å². The van der Waals surface area contributed by atoms with Crippen molar-refractivity contribution in [3.8, 4) is 0 Å². The minimum absolute atomic E-state index is 0.775. The number of hydrogen-bond donors (Lipinski definition) is 1. The molecule has 0 aliphatic carbocycles. The van der Waals surface area contributed by atoms with Gasteiger partial charge in [-0.25, -0.2) is 4.98 Å². The summed E-state index contributed by atoms with van der Waals surface area (Å²) in [5, 5.41) is 3.29. The predicted molar refractivity (Wildman–Crippen MR) is 63.7 cm³/mol. The lowest BCUT2D eigenvalue weighted by molar-refractivity contribution is 0.190. The Hall–Kier alpha value is -1.07. The van der Waals surface area contributed by atoms with Crippen LogP contribution >= 0.6 is 0 Å². The number of nitrogens with zero attached hydrogens (tertiary/aromatic N) is 2. The normalized spacial score (nSPS) is 10.6. The molecule has 1 aromatic heterocycles. The Morgan fingerprint density at radius 2 is 2.00 bits per heavy atom. The number of aryl methyl sites for hydroxylation is 1. The second kappa shape index (κ2) is 8.13.